The predicted molar refractivity (Wildman–Crippen MR) is 65.1 cm³/mol. The van der Waals surface area contributed by atoms with Crippen LogP contribution in [0.4, 0.5) is 4.39 Å². The van der Waals surface area contributed by atoms with E-state index in [2.05, 4.69) is 22.7 Å². The summed E-state index contributed by atoms with van der Waals surface area (Å²) in [5.41, 5.74) is 1.94. The summed E-state index contributed by atoms with van der Waals surface area (Å²) in [7, 11) is 0. The molecule has 3 heteroatoms. The van der Waals surface area contributed by atoms with E-state index in [9.17, 15) is 4.39 Å². The second-order valence-corrected chi connectivity index (χ2v) is 4.85. The topological polar surface area (TPSA) is 17.8 Å². The summed E-state index contributed by atoms with van der Waals surface area (Å²) >= 11 is 0. The fourth-order valence-corrected chi connectivity index (χ4v) is 2.37. The van der Waals surface area contributed by atoms with Crippen LogP contribution in [0.2, 0.25) is 0 Å². The van der Waals surface area contributed by atoms with Crippen molar-refractivity contribution in [1.82, 2.24) is 9.55 Å². The lowest BCUT2D eigenvalue weighted by Gasteiger charge is -2.19. The quantitative estimate of drug-likeness (QED) is 0.735. The number of benzene rings is 1. The van der Waals surface area contributed by atoms with Gasteiger partial charge < -0.3 is 4.57 Å². The molecule has 2 nitrogen and oxygen atoms in total. The Morgan fingerprint density at radius 2 is 2.06 bits per heavy atom. The standard InChI is InChI=1S/C14H15FN2/c1-10-2-7-14-16-13(9-17(14)8-10)11-3-5-12(15)6-4-11/h3-6,9-10H,2,7-8H2,1H3/t10-/m0/s1. The Balaban J connectivity index is 1.97. The van der Waals surface area contributed by atoms with E-state index in [-0.39, 0.29) is 5.82 Å². The molecular formula is C14H15FN2. The van der Waals surface area contributed by atoms with Gasteiger partial charge in [-0.25, -0.2) is 9.37 Å². The zero-order chi connectivity index (χ0) is 11.8. The van der Waals surface area contributed by atoms with Gasteiger partial charge >= 0.3 is 0 Å². The molecule has 1 aliphatic heterocycles. The third kappa shape index (κ3) is 1.97. The average Bonchev–Trinajstić information content (AvgIpc) is 2.72. The van der Waals surface area contributed by atoms with Crippen LogP contribution in [0.3, 0.4) is 0 Å². The van der Waals surface area contributed by atoms with Crippen LogP contribution < -0.4 is 0 Å². The van der Waals surface area contributed by atoms with E-state index in [0.717, 1.165) is 36.0 Å². The van der Waals surface area contributed by atoms with E-state index in [4.69, 9.17) is 0 Å². The summed E-state index contributed by atoms with van der Waals surface area (Å²) < 4.78 is 15.1. The minimum atomic E-state index is -0.202. The lowest BCUT2D eigenvalue weighted by Crippen LogP contribution is -2.17. The third-order valence-electron chi connectivity index (χ3n) is 3.37. The summed E-state index contributed by atoms with van der Waals surface area (Å²) in [6.45, 7) is 3.31. The average molecular weight is 230 g/mol. The summed E-state index contributed by atoms with van der Waals surface area (Å²) in [6.07, 6.45) is 4.33. The molecule has 88 valence electrons. The third-order valence-corrected chi connectivity index (χ3v) is 3.37. The molecule has 0 saturated heterocycles. The molecule has 0 saturated carbocycles. The molecule has 0 radical (unpaired) electrons. The second kappa shape index (κ2) is 3.99. The normalized spacial score (nSPS) is 19.1. The molecule has 1 atom stereocenters. The van der Waals surface area contributed by atoms with Gasteiger partial charge in [0.15, 0.2) is 0 Å². The molecule has 0 bridgehead atoms. The number of imidazole rings is 1. The van der Waals surface area contributed by atoms with Gasteiger partial charge in [0, 0.05) is 24.7 Å². The van der Waals surface area contributed by atoms with E-state index < -0.39 is 0 Å². The van der Waals surface area contributed by atoms with Crippen LogP contribution in [-0.4, -0.2) is 9.55 Å². The van der Waals surface area contributed by atoms with Crippen molar-refractivity contribution >= 4 is 0 Å². The molecule has 0 unspecified atom stereocenters. The number of halogens is 1. The van der Waals surface area contributed by atoms with Crippen molar-refractivity contribution in [3.05, 3.63) is 42.1 Å². The molecule has 1 aromatic heterocycles. The second-order valence-electron chi connectivity index (χ2n) is 4.85. The van der Waals surface area contributed by atoms with E-state index in [1.54, 1.807) is 12.1 Å². The Hall–Kier alpha value is -1.64. The summed E-state index contributed by atoms with van der Waals surface area (Å²) in [6, 6.07) is 6.53. The Labute approximate surface area is 100 Å². The van der Waals surface area contributed by atoms with Crippen LogP contribution in [0.25, 0.3) is 11.3 Å². The first-order valence-electron chi connectivity index (χ1n) is 6.04. The fourth-order valence-electron chi connectivity index (χ4n) is 2.37. The number of hydrogen-bond acceptors (Lipinski definition) is 1. The minimum Gasteiger partial charge on any atom is -0.334 e. The van der Waals surface area contributed by atoms with E-state index in [1.807, 2.05) is 0 Å². The molecule has 0 N–H and O–H groups in total. The molecule has 0 amide bonds. The number of aryl methyl sites for hydroxylation is 1. The van der Waals surface area contributed by atoms with Gasteiger partial charge in [-0.15, -0.1) is 0 Å². The van der Waals surface area contributed by atoms with E-state index in [1.165, 1.54) is 18.6 Å². The number of hydrogen-bond donors (Lipinski definition) is 0. The molecule has 3 rings (SSSR count). The fraction of sp³-hybridized carbons (Fsp3) is 0.357. The highest BCUT2D eigenvalue weighted by Gasteiger charge is 2.17. The van der Waals surface area contributed by atoms with Crippen molar-refractivity contribution in [3.63, 3.8) is 0 Å². The van der Waals surface area contributed by atoms with Crippen molar-refractivity contribution in [2.75, 3.05) is 0 Å². The highest BCUT2D eigenvalue weighted by molar-refractivity contribution is 5.58. The van der Waals surface area contributed by atoms with Crippen LogP contribution in [0.5, 0.6) is 0 Å². The van der Waals surface area contributed by atoms with Gasteiger partial charge in [0.2, 0.25) is 0 Å². The number of aromatic nitrogens is 2. The SMILES string of the molecule is C[C@H]1CCc2nc(-c3ccc(F)cc3)cn2C1. The van der Waals surface area contributed by atoms with E-state index >= 15 is 0 Å². The van der Waals surface area contributed by atoms with Crippen LogP contribution in [0, 0.1) is 11.7 Å². The van der Waals surface area contributed by atoms with Gasteiger partial charge in [0.05, 0.1) is 5.69 Å². The van der Waals surface area contributed by atoms with Crippen LogP contribution in [0.1, 0.15) is 19.2 Å². The first kappa shape index (κ1) is 10.5. The summed E-state index contributed by atoms with van der Waals surface area (Å²) in [4.78, 5) is 4.63. The maximum atomic E-state index is 12.9. The molecular weight excluding hydrogens is 215 g/mol. The largest absolute Gasteiger partial charge is 0.334 e. The maximum absolute atomic E-state index is 12.9. The van der Waals surface area contributed by atoms with Crippen molar-refractivity contribution in [2.24, 2.45) is 5.92 Å². The first-order chi connectivity index (χ1) is 8.22. The van der Waals surface area contributed by atoms with Crippen LogP contribution >= 0.6 is 0 Å². The molecule has 0 spiro atoms. The van der Waals surface area contributed by atoms with Crippen molar-refractivity contribution in [1.29, 1.82) is 0 Å². The summed E-state index contributed by atoms with van der Waals surface area (Å²) in [5, 5.41) is 0. The zero-order valence-corrected chi connectivity index (χ0v) is 9.86. The first-order valence-corrected chi connectivity index (χ1v) is 6.04. The van der Waals surface area contributed by atoms with Crippen LogP contribution in [-0.2, 0) is 13.0 Å². The van der Waals surface area contributed by atoms with Gasteiger partial charge in [0.1, 0.15) is 11.6 Å². The number of fused-ring (bicyclic) bond motifs is 1. The Morgan fingerprint density at radius 3 is 2.82 bits per heavy atom. The lowest BCUT2D eigenvalue weighted by atomic mass is 10.0. The minimum absolute atomic E-state index is 0.202. The molecule has 2 aromatic rings. The van der Waals surface area contributed by atoms with Crippen molar-refractivity contribution < 1.29 is 4.39 Å². The summed E-state index contributed by atoms with van der Waals surface area (Å²) in [5.74, 6) is 1.67. The molecule has 0 fully saturated rings. The highest BCUT2D eigenvalue weighted by atomic mass is 19.1. The Kier molecular flexibility index (Phi) is 2.46. The zero-order valence-electron chi connectivity index (χ0n) is 9.86. The van der Waals surface area contributed by atoms with Crippen LogP contribution in [0.15, 0.2) is 30.5 Å². The molecule has 17 heavy (non-hydrogen) atoms. The molecule has 2 heterocycles. The molecule has 0 aliphatic carbocycles. The Morgan fingerprint density at radius 1 is 1.29 bits per heavy atom. The molecule has 1 aliphatic rings. The van der Waals surface area contributed by atoms with Crippen molar-refractivity contribution in [3.8, 4) is 11.3 Å². The molecule has 1 aromatic carbocycles. The van der Waals surface area contributed by atoms with E-state index in [0.29, 0.717) is 0 Å². The van der Waals surface area contributed by atoms with Gasteiger partial charge in [-0.1, -0.05) is 6.92 Å². The monoisotopic (exact) mass is 230 g/mol. The van der Waals surface area contributed by atoms with Gasteiger partial charge in [0.25, 0.3) is 0 Å². The smallest absolute Gasteiger partial charge is 0.123 e. The highest BCUT2D eigenvalue weighted by Crippen LogP contribution is 2.24. The maximum Gasteiger partial charge on any atom is 0.123 e. The van der Waals surface area contributed by atoms with Gasteiger partial charge in [-0.3, -0.25) is 0 Å². The Bertz CT molecular complexity index is 528. The van der Waals surface area contributed by atoms with Crippen molar-refractivity contribution in [2.45, 2.75) is 26.3 Å². The number of rotatable bonds is 1. The lowest BCUT2D eigenvalue weighted by molar-refractivity contribution is 0.394. The van der Waals surface area contributed by atoms with Gasteiger partial charge in [-0.05, 0) is 36.6 Å². The van der Waals surface area contributed by atoms with Gasteiger partial charge in [-0.2, -0.15) is 0 Å². The predicted octanol–water partition coefficient (Wildman–Crippen LogP) is 3.27. The number of nitrogens with zero attached hydrogens (tertiary/aromatic N) is 2.